The van der Waals surface area contributed by atoms with E-state index >= 15 is 0 Å². The van der Waals surface area contributed by atoms with Crippen molar-refractivity contribution in [2.75, 3.05) is 19.6 Å². The van der Waals surface area contributed by atoms with Crippen molar-refractivity contribution in [1.82, 2.24) is 24.9 Å². The number of likely N-dealkylation sites (tertiary alicyclic amines) is 1. The maximum atomic E-state index is 13.3. The maximum absolute atomic E-state index is 13.3. The lowest BCUT2D eigenvalue weighted by Gasteiger charge is -2.22. The van der Waals surface area contributed by atoms with Gasteiger partial charge in [-0.05, 0) is 57.2 Å². The highest BCUT2D eigenvalue weighted by Gasteiger charge is 2.28. The monoisotopic (exact) mass is 517 g/mol. The lowest BCUT2D eigenvalue weighted by Crippen LogP contribution is -2.40. The Kier molecular flexibility index (Phi) is 7.70. The molecule has 0 bridgehead atoms. The van der Waals surface area contributed by atoms with Crippen LogP contribution in [0.5, 0.6) is 0 Å². The second kappa shape index (κ2) is 11.2. The molecule has 202 valence electrons. The molecule has 3 aromatic rings. The number of carbonyl (C=O) groups is 2. The number of fused-ring (bicyclic) bond motifs is 1. The van der Waals surface area contributed by atoms with E-state index in [9.17, 15) is 9.59 Å². The van der Waals surface area contributed by atoms with Gasteiger partial charge in [0.15, 0.2) is 0 Å². The first-order valence-corrected chi connectivity index (χ1v) is 13.8. The van der Waals surface area contributed by atoms with Crippen molar-refractivity contribution in [2.24, 2.45) is 5.92 Å². The van der Waals surface area contributed by atoms with Gasteiger partial charge in [0, 0.05) is 44.3 Å². The maximum Gasteiger partial charge on any atom is 0.407 e. The molecular formula is C30H39N5O3. The molecule has 8 nitrogen and oxygen atoms in total. The number of nitrogens with one attached hydrogen (secondary N) is 2. The van der Waals surface area contributed by atoms with E-state index in [-0.39, 0.29) is 18.0 Å². The van der Waals surface area contributed by atoms with E-state index in [0.29, 0.717) is 24.7 Å². The Balaban J connectivity index is 1.20. The number of hydrogen-bond donors (Lipinski definition) is 2. The van der Waals surface area contributed by atoms with E-state index in [1.165, 1.54) is 18.4 Å². The van der Waals surface area contributed by atoms with Gasteiger partial charge in [-0.1, -0.05) is 49.2 Å². The van der Waals surface area contributed by atoms with Crippen LogP contribution in [0.2, 0.25) is 0 Å². The van der Waals surface area contributed by atoms with E-state index in [1.807, 2.05) is 55.6 Å². The third-order valence-corrected chi connectivity index (χ3v) is 7.25. The van der Waals surface area contributed by atoms with Crippen LogP contribution in [0.4, 0.5) is 4.79 Å². The van der Waals surface area contributed by atoms with Gasteiger partial charge in [-0.3, -0.25) is 14.1 Å². The number of alkyl carbamates (subject to hydrolysis) is 1. The predicted octanol–water partition coefficient (Wildman–Crippen LogP) is 4.75. The molecule has 5 rings (SSSR count). The predicted molar refractivity (Wildman–Crippen MR) is 147 cm³/mol. The third-order valence-electron chi connectivity index (χ3n) is 7.25. The zero-order valence-corrected chi connectivity index (χ0v) is 22.7. The summed E-state index contributed by atoms with van der Waals surface area (Å²) in [4.78, 5) is 32.4. The van der Waals surface area contributed by atoms with Crippen LogP contribution in [0.1, 0.15) is 74.1 Å². The molecule has 2 aliphatic rings. The number of benzene rings is 1. The van der Waals surface area contributed by atoms with Crippen molar-refractivity contribution < 1.29 is 14.3 Å². The topological polar surface area (TPSA) is 88.0 Å². The van der Waals surface area contributed by atoms with Crippen molar-refractivity contribution in [3.05, 3.63) is 71.7 Å². The van der Waals surface area contributed by atoms with E-state index in [0.717, 1.165) is 43.2 Å². The van der Waals surface area contributed by atoms with E-state index in [2.05, 4.69) is 39.8 Å². The fraction of sp³-hybridized carbons (Fsp3) is 0.500. The molecule has 38 heavy (non-hydrogen) atoms. The Morgan fingerprint density at radius 3 is 2.61 bits per heavy atom. The fourth-order valence-electron chi connectivity index (χ4n) is 5.24. The summed E-state index contributed by atoms with van der Waals surface area (Å²) in [5.74, 6) is 1.02. The van der Waals surface area contributed by atoms with Gasteiger partial charge in [0.1, 0.15) is 16.9 Å². The quantitative estimate of drug-likeness (QED) is 0.428. The van der Waals surface area contributed by atoms with Gasteiger partial charge in [0.05, 0.1) is 5.69 Å². The molecule has 2 aromatic heterocycles. The Hall–Kier alpha value is -3.39. The van der Waals surface area contributed by atoms with Gasteiger partial charge in [0.2, 0.25) is 0 Å². The zero-order valence-electron chi connectivity index (χ0n) is 22.7. The van der Waals surface area contributed by atoms with Gasteiger partial charge in [-0.25, -0.2) is 9.78 Å². The average Bonchev–Trinajstić information content (AvgIpc) is 3.43. The summed E-state index contributed by atoms with van der Waals surface area (Å²) in [6, 6.07) is 16.2. The Morgan fingerprint density at radius 1 is 1.08 bits per heavy atom. The number of rotatable bonds is 9. The van der Waals surface area contributed by atoms with Crippen molar-refractivity contribution in [1.29, 1.82) is 0 Å². The van der Waals surface area contributed by atoms with Gasteiger partial charge in [-0.15, -0.1) is 0 Å². The molecule has 3 heterocycles. The lowest BCUT2D eigenvalue weighted by atomic mass is 9.93. The highest BCUT2D eigenvalue weighted by molar-refractivity contribution is 5.93. The van der Waals surface area contributed by atoms with Crippen LogP contribution in [0.3, 0.4) is 0 Å². The van der Waals surface area contributed by atoms with Crippen molar-refractivity contribution >= 4 is 17.6 Å². The zero-order chi connectivity index (χ0) is 26.7. The van der Waals surface area contributed by atoms with Crippen molar-refractivity contribution in [3.63, 3.8) is 0 Å². The van der Waals surface area contributed by atoms with Crippen LogP contribution in [-0.2, 0) is 11.3 Å². The highest BCUT2D eigenvalue weighted by Crippen LogP contribution is 2.38. The molecule has 2 atom stereocenters. The molecule has 8 heteroatoms. The number of pyridine rings is 1. The molecule has 1 saturated carbocycles. The third kappa shape index (κ3) is 6.92. The number of amides is 2. The minimum Gasteiger partial charge on any atom is -0.444 e. The van der Waals surface area contributed by atoms with E-state index in [1.54, 1.807) is 0 Å². The number of nitrogens with zero attached hydrogens (tertiary/aromatic N) is 3. The van der Waals surface area contributed by atoms with Gasteiger partial charge < -0.3 is 15.4 Å². The minimum atomic E-state index is -0.511. The molecule has 0 spiro atoms. The number of ether oxygens (including phenoxy) is 1. The van der Waals surface area contributed by atoms with Crippen LogP contribution in [-0.4, -0.2) is 57.6 Å². The summed E-state index contributed by atoms with van der Waals surface area (Å²) in [5, 5.41) is 6.17. The van der Waals surface area contributed by atoms with Crippen LogP contribution in [0.15, 0.2) is 54.7 Å². The Bertz CT molecular complexity index is 1260. The number of aromatic nitrogens is 2. The van der Waals surface area contributed by atoms with E-state index < -0.39 is 5.60 Å². The molecule has 1 aliphatic carbocycles. The normalized spacial score (nSPS) is 18.9. The fourth-order valence-corrected chi connectivity index (χ4v) is 5.24. The van der Waals surface area contributed by atoms with Crippen molar-refractivity contribution in [3.8, 4) is 0 Å². The Labute approximate surface area is 224 Å². The Morgan fingerprint density at radius 2 is 1.87 bits per heavy atom. The van der Waals surface area contributed by atoms with Gasteiger partial charge >= 0.3 is 6.09 Å². The summed E-state index contributed by atoms with van der Waals surface area (Å²) >= 11 is 0. The van der Waals surface area contributed by atoms with E-state index in [4.69, 9.17) is 9.72 Å². The number of imidazole rings is 1. The summed E-state index contributed by atoms with van der Waals surface area (Å²) in [6.45, 7) is 8.47. The second-order valence-corrected chi connectivity index (χ2v) is 11.7. The molecule has 1 aromatic carbocycles. The molecule has 2 fully saturated rings. The minimum absolute atomic E-state index is 0.0522. The van der Waals surface area contributed by atoms with Crippen molar-refractivity contribution in [2.45, 2.75) is 70.6 Å². The lowest BCUT2D eigenvalue weighted by molar-refractivity contribution is 0.0505. The summed E-state index contributed by atoms with van der Waals surface area (Å²) in [7, 11) is 0. The van der Waals surface area contributed by atoms with Gasteiger partial charge in [0.25, 0.3) is 5.91 Å². The summed E-state index contributed by atoms with van der Waals surface area (Å²) < 4.78 is 7.27. The standard InChI is InChI=1S/C30H39N5O3/c1-30(2,3)38-29(37)33-24-14-15-34(18-24)19-25-20-35-26(10-7-11-27(35)32-25)28(36)31-17-23(16-21-12-13-21)22-8-5-4-6-9-22/h4-11,20-21,23-24H,12-19H2,1-3H3,(H,31,36)(H,33,37). The molecule has 1 saturated heterocycles. The van der Waals surface area contributed by atoms with Crippen LogP contribution in [0.25, 0.3) is 5.65 Å². The smallest absolute Gasteiger partial charge is 0.407 e. The number of hydrogen-bond acceptors (Lipinski definition) is 5. The molecule has 2 N–H and O–H groups in total. The second-order valence-electron chi connectivity index (χ2n) is 11.7. The summed E-state index contributed by atoms with van der Waals surface area (Å²) in [6.07, 6.45) is 6.15. The van der Waals surface area contributed by atoms with Gasteiger partial charge in [-0.2, -0.15) is 0 Å². The van der Waals surface area contributed by atoms with Crippen LogP contribution < -0.4 is 10.6 Å². The first kappa shape index (κ1) is 26.2. The average molecular weight is 518 g/mol. The largest absolute Gasteiger partial charge is 0.444 e. The molecule has 2 unspecified atom stereocenters. The first-order valence-electron chi connectivity index (χ1n) is 13.8. The molecule has 1 aliphatic heterocycles. The summed E-state index contributed by atoms with van der Waals surface area (Å²) in [5.41, 5.74) is 3.02. The number of carbonyl (C=O) groups excluding carboxylic acids is 2. The SMILES string of the molecule is CC(C)(C)OC(=O)NC1CCN(Cc2cn3c(C(=O)NCC(CC4CC4)c4ccccc4)cccc3n2)C1. The molecule has 0 radical (unpaired) electrons. The first-order chi connectivity index (χ1) is 18.2. The van der Waals surface area contributed by atoms with Crippen LogP contribution in [0, 0.1) is 5.92 Å². The highest BCUT2D eigenvalue weighted by atomic mass is 16.6. The molecule has 2 amide bonds. The molecular weight excluding hydrogens is 478 g/mol. The van der Waals surface area contributed by atoms with Crippen LogP contribution >= 0.6 is 0 Å².